The highest BCUT2D eigenvalue weighted by Gasteiger charge is 2.27. The number of carbonyl (C=O) groups is 1. The molecular weight excluding hydrogens is 371 g/mol. The van der Waals surface area contributed by atoms with E-state index in [2.05, 4.69) is 9.97 Å². The van der Waals surface area contributed by atoms with Gasteiger partial charge in [-0.25, -0.2) is 9.37 Å². The second-order valence-corrected chi connectivity index (χ2v) is 7.19. The van der Waals surface area contributed by atoms with Gasteiger partial charge < -0.3 is 14.6 Å². The Balaban J connectivity index is 1.54. The highest BCUT2D eigenvalue weighted by atomic mass is 19.1. The summed E-state index contributed by atoms with van der Waals surface area (Å²) in [4.78, 5) is 23.6. The topological polar surface area (TPSA) is 61.5 Å². The summed E-state index contributed by atoms with van der Waals surface area (Å²) in [6, 6.07) is 14.3. The number of imidazole rings is 1. The fourth-order valence-electron chi connectivity index (χ4n) is 3.51. The lowest BCUT2D eigenvalue weighted by molar-refractivity contribution is -0.132. The summed E-state index contributed by atoms with van der Waals surface area (Å²) in [5.74, 6) is 1.11. The Morgan fingerprint density at radius 2 is 2.07 bits per heavy atom. The van der Waals surface area contributed by atoms with Gasteiger partial charge in [0.2, 0.25) is 5.91 Å². The normalized spacial score (nSPS) is 16.6. The van der Waals surface area contributed by atoms with Crippen LogP contribution in [0.1, 0.15) is 23.1 Å². The fraction of sp³-hybridized carbons (Fsp3) is 0.273. The van der Waals surface area contributed by atoms with E-state index in [0.29, 0.717) is 25.2 Å². The first-order valence-corrected chi connectivity index (χ1v) is 9.53. The molecule has 150 valence electrons. The molecule has 0 saturated carbocycles. The number of aromatic nitrogens is 2. The lowest BCUT2D eigenvalue weighted by Crippen LogP contribution is -2.39. The van der Waals surface area contributed by atoms with Crippen molar-refractivity contribution < 1.29 is 13.9 Å². The minimum absolute atomic E-state index is 0.0342. The number of rotatable bonds is 5. The van der Waals surface area contributed by atoms with Gasteiger partial charge in [-0.2, -0.15) is 0 Å². The van der Waals surface area contributed by atoms with Crippen LogP contribution in [0.5, 0.6) is 5.75 Å². The van der Waals surface area contributed by atoms with Crippen molar-refractivity contribution in [2.45, 2.75) is 19.2 Å². The Kier molecular flexibility index (Phi) is 5.57. The van der Waals surface area contributed by atoms with E-state index in [4.69, 9.17) is 4.74 Å². The van der Waals surface area contributed by atoms with Gasteiger partial charge in [-0.3, -0.25) is 9.69 Å². The van der Waals surface area contributed by atoms with Gasteiger partial charge in [0.05, 0.1) is 13.1 Å². The van der Waals surface area contributed by atoms with Crippen LogP contribution in [-0.2, 0) is 17.9 Å². The summed E-state index contributed by atoms with van der Waals surface area (Å²) in [5.41, 5.74) is 1.47. The van der Waals surface area contributed by atoms with Crippen LogP contribution in [0.25, 0.3) is 0 Å². The smallest absolute Gasteiger partial charge is 0.236 e. The van der Waals surface area contributed by atoms with E-state index in [-0.39, 0.29) is 18.3 Å². The van der Waals surface area contributed by atoms with E-state index in [1.54, 1.807) is 42.5 Å². The lowest BCUT2D eigenvalue weighted by atomic mass is 10.1. The van der Waals surface area contributed by atoms with Crippen LogP contribution in [-0.4, -0.2) is 45.8 Å². The number of ether oxygens (including phenoxy) is 1. The maximum Gasteiger partial charge on any atom is 0.236 e. The van der Waals surface area contributed by atoms with Crippen LogP contribution < -0.4 is 4.74 Å². The van der Waals surface area contributed by atoms with Crippen LogP contribution in [0.2, 0.25) is 0 Å². The van der Waals surface area contributed by atoms with Gasteiger partial charge in [0.1, 0.15) is 23.5 Å². The molecule has 1 N–H and O–H groups in total. The Hall–Kier alpha value is -3.19. The summed E-state index contributed by atoms with van der Waals surface area (Å²) in [6.45, 7) is 1.58. The third kappa shape index (κ3) is 4.46. The number of para-hydroxylation sites is 1. The molecule has 0 spiro atoms. The predicted octanol–water partition coefficient (Wildman–Crippen LogP) is 3.14. The number of amides is 1. The van der Waals surface area contributed by atoms with Gasteiger partial charge in [0, 0.05) is 43.7 Å². The van der Waals surface area contributed by atoms with Crippen molar-refractivity contribution in [1.82, 2.24) is 19.8 Å². The quantitative estimate of drug-likeness (QED) is 0.722. The Morgan fingerprint density at radius 1 is 1.28 bits per heavy atom. The predicted molar refractivity (Wildman–Crippen MR) is 107 cm³/mol. The summed E-state index contributed by atoms with van der Waals surface area (Å²) in [5, 5.41) is 0. The molecule has 0 radical (unpaired) electrons. The van der Waals surface area contributed by atoms with Crippen molar-refractivity contribution in [2.24, 2.45) is 0 Å². The first-order chi connectivity index (χ1) is 14.1. The zero-order chi connectivity index (χ0) is 20.2. The molecule has 1 aromatic heterocycles. The van der Waals surface area contributed by atoms with Crippen LogP contribution in [0.4, 0.5) is 4.39 Å². The van der Waals surface area contributed by atoms with Gasteiger partial charge in [0.15, 0.2) is 0 Å². The van der Waals surface area contributed by atoms with Gasteiger partial charge in [-0.1, -0.05) is 36.4 Å². The Bertz CT molecular complexity index is 976. The standard InChI is InChI=1S/C22H23FN4O2/c1-26(14-21-24-10-11-25-21)22(28)15-27-12-16-6-2-5-9-19(16)29-20(13-27)17-7-3-4-8-18(17)23/h2-11,20H,12-15H2,1H3,(H,24,25). The van der Waals surface area contributed by atoms with Gasteiger partial charge in [-0.15, -0.1) is 0 Å². The molecule has 0 saturated heterocycles. The average molecular weight is 394 g/mol. The average Bonchev–Trinajstić information content (AvgIpc) is 3.15. The molecule has 2 heterocycles. The molecule has 29 heavy (non-hydrogen) atoms. The summed E-state index contributed by atoms with van der Waals surface area (Å²) in [7, 11) is 1.75. The molecule has 0 fully saturated rings. The molecule has 7 heteroatoms. The van der Waals surface area contributed by atoms with Gasteiger partial charge in [-0.05, 0) is 12.1 Å². The first-order valence-electron chi connectivity index (χ1n) is 9.53. The maximum absolute atomic E-state index is 14.4. The zero-order valence-corrected chi connectivity index (χ0v) is 16.2. The van der Waals surface area contributed by atoms with Crippen LogP contribution in [0.15, 0.2) is 60.9 Å². The van der Waals surface area contributed by atoms with Crippen molar-refractivity contribution >= 4 is 5.91 Å². The number of aromatic amines is 1. The van der Waals surface area contributed by atoms with Crippen molar-refractivity contribution in [3.63, 3.8) is 0 Å². The monoisotopic (exact) mass is 394 g/mol. The van der Waals surface area contributed by atoms with Crippen LogP contribution in [0, 0.1) is 5.82 Å². The molecule has 3 aromatic rings. The third-order valence-electron chi connectivity index (χ3n) is 5.04. The number of nitrogens with one attached hydrogen (secondary N) is 1. The van der Waals surface area contributed by atoms with E-state index in [9.17, 15) is 9.18 Å². The molecule has 1 aliphatic rings. The number of H-pyrrole nitrogens is 1. The number of nitrogens with zero attached hydrogens (tertiary/aromatic N) is 3. The molecule has 0 bridgehead atoms. The van der Waals surface area contributed by atoms with E-state index < -0.39 is 6.10 Å². The lowest BCUT2D eigenvalue weighted by Gasteiger charge is -2.26. The Labute approximate surface area is 168 Å². The largest absolute Gasteiger partial charge is 0.484 e. The molecule has 1 amide bonds. The number of likely N-dealkylation sites (N-methyl/N-ethyl adjacent to an activating group) is 1. The molecule has 2 aromatic carbocycles. The number of hydrogen-bond acceptors (Lipinski definition) is 4. The zero-order valence-electron chi connectivity index (χ0n) is 16.2. The molecule has 1 atom stereocenters. The second kappa shape index (κ2) is 8.45. The van der Waals surface area contributed by atoms with Gasteiger partial charge in [0.25, 0.3) is 0 Å². The highest BCUT2D eigenvalue weighted by molar-refractivity contribution is 5.78. The van der Waals surface area contributed by atoms with Gasteiger partial charge >= 0.3 is 0 Å². The van der Waals surface area contributed by atoms with Crippen molar-refractivity contribution in [1.29, 1.82) is 0 Å². The summed E-state index contributed by atoms with van der Waals surface area (Å²) < 4.78 is 20.6. The number of hydrogen-bond donors (Lipinski definition) is 1. The SMILES string of the molecule is CN(Cc1ncc[nH]1)C(=O)CN1Cc2ccccc2OC(c2ccccc2F)C1. The van der Waals surface area contributed by atoms with Crippen molar-refractivity contribution in [3.05, 3.63) is 83.7 Å². The van der Waals surface area contributed by atoms with E-state index in [0.717, 1.165) is 17.1 Å². The van der Waals surface area contributed by atoms with Crippen LogP contribution >= 0.6 is 0 Å². The van der Waals surface area contributed by atoms with Crippen molar-refractivity contribution in [2.75, 3.05) is 20.1 Å². The third-order valence-corrected chi connectivity index (χ3v) is 5.04. The fourth-order valence-corrected chi connectivity index (χ4v) is 3.51. The molecule has 4 rings (SSSR count). The van der Waals surface area contributed by atoms with E-state index >= 15 is 0 Å². The molecule has 1 aliphatic heterocycles. The number of carbonyl (C=O) groups excluding carboxylic acids is 1. The maximum atomic E-state index is 14.4. The summed E-state index contributed by atoms with van der Waals surface area (Å²) in [6.07, 6.45) is 2.90. The number of halogens is 1. The number of fused-ring (bicyclic) bond motifs is 1. The first kappa shape index (κ1) is 19.1. The molecular formula is C22H23FN4O2. The van der Waals surface area contributed by atoms with Crippen molar-refractivity contribution in [3.8, 4) is 5.75 Å². The van der Waals surface area contributed by atoms with Crippen LogP contribution in [0.3, 0.4) is 0 Å². The molecule has 1 unspecified atom stereocenters. The summed E-state index contributed by atoms with van der Waals surface area (Å²) >= 11 is 0. The highest BCUT2D eigenvalue weighted by Crippen LogP contribution is 2.32. The molecule has 0 aliphatic carbocycles. The van der Waals surface area contributed by atoms with E-state index in [1.807, 2.05) is 29.2 Å². The Morgan fingerprint density at radius 3 is 2.86 bits per heavy atom. The minimum Gasteiger partial charge on any atom is -0.484 e. The molecule has 6 nitrogen and oxygen atoms in total. The van der Waals surface area contributed by atoms with E-state index in [1.165, 1.54) is 6.07 Å². The second-order valence-electron chi connectivity index (χ2n) is 7.19. The minimum atomic E-state index is -0.497. The number of benzene rings is 2.